The van der Waals surface area contributed by atoms with Crippen molar-refractivity contribution in [2.24, 2.45) is 5.92 Å². The van der Waals surface area contributed by atoms with E-state index in [1.807, 2.05) is 30.3 Å². The standard InChI is InChI=1S/C16H16Cl2N2O2/c17-14-8-20(16(21)15(18)19-14)13(12-6-7-12)10-22-9-11-4-2-1-3-5-11/h1-5,8,12-13H,6-7,9-10H2/t13-/m0/s1. The van der Waals surface area contributed by atoms with Crippen LogP contribution in [-0.4, -0.2) is 16.2 Å². The average molecular weight is 339 g/mol. The van der Waals surface area contributed by atoms with E-state index in [0.29, 0.717) is 19.1 Å². The van der Waals surface area contributed by atoms with Crippen LogP contribution in [0.15, 0.2) is 41.3 Å². The summed E-state index contributed by atoms with van der Waals surface area (Å²) in [5.41, 5.74) is 0.793. The number of ether oxygens (including phenoxy) is 1. The number of nitrogens with zero attached hydrogens (tertiary/aromatic N) is 2. The molecule has 0 N–H and O–H groups in total. The van der Waals surface area contributed by atoms with Crippen molar-refractivity contribution in [2.45, 2.75) is 25.5 Å². The molecule has 1 aromatic heterocycles. The second-order valence-electron chi connectivity index (χ2n) is 5.47. The number of benzene rings is 1. The molecule has 0 amide bonds. The van der Waals surface area contributed by atoms with Crippen LogP contribution in [0.5, 0.6) is 0 Å². The second-order valence-corrected chi connectivity index (χ2v) is 6.22. The Bertz CT molecular complexity index is 699. The first kappa shape index (κ1) is 15.5. The molecule has 0 bridgehead atoms. The third-order valence-electron chi connectivity index (χ3n) is 3.79. The molecule has 116 valence electrons. The molecule has 0 radical (unpaired) electrons. The highest BCUT2D eigenvalue weighted by Gasteiger charge is 2.33. The molecular formula is C16H16Cl2N2O2. The smallest absolute Gasteiger partial charge is 0.288 e. The summed E-state index contributed by atoms with van der Waals surface area (Å²) in [7, 11) is 0. The summed E-state index contributed by atoms with van der Waals surface area (Å²) in [5.74, 6) is 0.433. The van der Waals surface area contributed by atoms with Crippen LogP contribution in [-0.2, 0) is 11.3 Å². The fourth-order valence-corrected chi connectivity index (χ4v) is 2.91. The van der Waals surface area contributed by atoms with E-state index in [1.165, 1.54) is 0 Å². The van der Waals surface area contributed by atoms with Crippen LogP contribution < -0.4 is 5.56 Å². The Morgan fingerprint density at radius 3 is 2.68 bits per heavy atom. The van der Waals surface area contributed by atoms with Crippen LogP contribution in [0.1, 0.15) is 24.4 Å². The van der Waals surface area contributed by atoms with Crippen molar-refractivity contribution in [1.29, 1.82) is 0 Å². The molecule has 1 atom stereocenters. The van der Waals surface area contributed by atoms with Gasteiger partial charge in [0.2, 0.25) is 0 Å². The van der Waals surface area contributed by atoms with Crippen LogP contribution in [0.3, 0.4) is 0 Å². The third-order valence-corrected chi connectivity index (χ3v) is 4.21. The Morgan fingerprint density at radius 1 is 1.27 bits per heavy atom. The van der Waals surface area contributed by atoms with E-state index in [4.69, 9.17) is 27.9 Å². The molecule has 1 aliphatic rings. The fraction of sp³-hybridized carbons (Fsp3) is 0.375. The Kier molecular flexibility index (Phi) is 4.81. The lowest BCUT2D eigenvalue weighted by molar-refractivity contribution is 0.0820. The van der Waals surface area contributed by atoms with Gasteiger partial charge in [0.25, 0.3) is 5.56 Å². The number of aromatic nitrogens is 2. The molecule has 6 heteroatoms. The molecule has 1 aliphatic carbocycles. The van der Waals surface area contributed by atoms with Gasteiger partial charge < -0.3 is 9.30 Å². The van der Waals surface area contributed by atoms with E-state index in [1.54, 1.807) is 10.8 Å². The average Bonchev–Trinajstić information content (AvgIpc) is 3.33. The predicted octanol–water partition coefficient (Wildman–Crippen LogP) is 3.72. The third kappa shape index (κ3) is 3.69. The largest absolute Gasteiger partial charge is 0.375 e. The summed E-state index contributed by atoms with van der Waals surface area (Å²) >= 11 is 11.8. The van der Waals surface area contributed by atoms with E-state index >= 15 is 0 Å². The van der Waals surface area contributed by atoms with Gasteiger partial charge >= 0.3 is 0 Å². The quantitative estimate of drug-likeness (QED) is 0.806. The zero-order valence-electron chi connectivity index (χ0n) is 11.9. The van der Waals surface area contributed by atoms with Gasteiger partial charge in [-0.25, -0.2) is 4.98 Å². The second kappa shape index (κ2) is 6.82. The Labute approximate surface area is 138 Å². The zero-order chi connectivity index (χ0) is 15.5. The summed E-state index contributed by atoms with van der Waals surface area (Å²) in [6.45, 7) is 0.974. The Hall–Kier alpha value is -1.36. The van der Waals surface area contributed by atoms with Crippen molar-refractivity contribution < 1.29 is 4.74 Å². The lowest BCUT2D eigenvalue weighted by Gasteiger charge is -2.20. The van der Waals surface area contributed by atoms with Crippen molar-refractivity contribution >= 4 is 23.2 Å². The minimum absolute atomic E-state index is 0.0470. The number of halogens is 2. The highest BCUT2D eigenvalue weighted by Crippen LogP contribution is 2.39. The van der Waals surface area contributed by atoms with Gasteiger partial charge in [0, 0.05) is 6.20 Å². The van der Waals surface area contributed by atoms with Gasteiger partial charge in [-0.3, -0.25) is 4.79 Å². The van der Waals surface area contributed by atoms with Gasteiger partial charge in [-0.05, 0) is 24.3 Å². The van der Waals surface area contributed by atoms with E-state index in [0.717, 1.165) is 18.4 Å². The van der Waals surface area contributed by atoms with Crippen LogP contribution in [0.25, 0.3) is 0 Å². The van der Waals surface area contributed by atoms with Crippen molar-refractivity contribution in [2.75, 3.05) is 6.61 Å². The zero-order valence-corrected chi connectivity index (χ0v) is 13.4. The van der Waals surface area contributed by atoms with Crippen molar-refractivity contribution in [3.63, 3.8) is 0 Å². The van der Waals surface area contributed by atoms with E-state index < -0.39 is 0 Å². The number of hydrogen-bond donors (Lipinski definition) is 0. The molecule has 3 rings (SSSR count). The van der Waals surface area contributed by atoms with Crippen molar-refractivity contribution in [3.05, 3.63) is 62.8 Å². The topological polar surface area (TPSA) is 44.1 Å². The molecule has 1 aromatic carbocycles. The fourth-order valence-electron chi connectivity index (χ4n) is 2.49. The molecule has 0 aliphatic heterocycles. The molecule has 1 saturated carbocycles. The molecule has 0 unspecified atom stereocenters. The number of rotatable bonds is 6. The molecule has 22 heavy (non-hydrogen) atoms. The first-order valence-electron chi connectivity index (χ1n) is 7.21. The van der Waals surface area contributed by atoms with Crippen LogP contribution >= 0.6 is 23.2 Å². The van der Waals surface area contributed by atoms with Gasteiger partial charge in [0.1, 0.15) is 5.15 Å². The predicted molar refractivity (Wildman–Crippen MR) is 86.4 cm³/mol. The van der Waals surface area contributed by atoms with Gasteiger partial charge in [-0.2, -0.15) is 0 Å². The van der Waals surface area contributed by atoms with Gasteiger partial charge in [-0.1, -0.05) is 53.5 Å². The molecule has 1 heterocycles. The minimum Gasteiger partial charge on any atom is -0.375 e. The summed E-state index contributed by atoms with van der Waals surface area (Å²) in [5, 5.41) is 0.125. The van der Waals surface area contributed by atoms with Crippen molar-refractivity contribution in [1.82, 2.24) is 9.55 Å². The molecule has 0 saturated heterocycles. The van der Waals surface area contributed by atoms with Gasteiger partial charge in [0.05, 0.1) is 19.3 Å². The van der Waals surface area contributed by atoms with Crippen LogP contribution in [0.4, 0.5) is 0 Å². The molecule has 2 aromatic rings. The normalized spacial score (nSPS) is 15.7. The minimum atomic E-state index is -0.314. The van der Waals surface area contributed by atoms with E-state index in [2.05, 4.69) is 4.98 Å². The maximum absolute atomic E-state index is 12.2. The van der Waals surface area contributed by atoms with Gasteiger partial charge in [-0.15, -0.1) is 0 Å². The maximum atomic E-state index is 12.2. The molecule has 1 fully saturated rings. The monoisotopic (exact) mass is 338 g/mol. The first-order chi connectivity index (χ1) is 10.6. The SMILES string of the molecule is O=c1c(Cl)nc(Cl)cn1[C@@H](COCc1ccccc1)C1CC1. The Balaban J connectivity index is 1.72. The summed E-state index contributed by atoms with van der Waals surface area (Å²) in [6, 6.07) is 9.90. The molecular weight excluding hydrogens is 323 g/mol. The van der Waals surface area contributed by atoms with Crippen molar-refractivity contribution in [3.8, 4) is 0 Å². The van der Waals surface area contributed by atoms with E-state index in [-0.39, 0.29) is 21.9 Å². The van der Waals surface area contributed by atoms with E-state index in [9.17, 15) is 4.79 Å². The number of hydrogen-bond acceptors (Lipinski definition) is 3. The lowest BCUT2D eigenvalue weighted by atomic mass is 10.2. The van der Waals surface area contributed by atoms with Crippen LogP contribution in [0.2, 0.25) is 10.3 Å². The lowest BCUT2D eigenvalue weighted by Crippen LogP contribution is -2.29. The summed E-state index contributed by atoms with van der Waals surface area (Å²) in [4.78, 5) is 16.0. The summed E-state index contributed by atoms with van der Waals surface area (Å²) in [6.07, 6.45) is 3.72. The highest BCUT2D eigenvalue weighted by atomic mass is 35.5. The first-order valence-corrected chi connectivity index (χ1v) is 7.96. The summed E-state index contributed by atoms with van der Waals surface area (Å²) < 4.78 is 7.38. The maximum Gasteiger partial charge on any atom is 0.288 e. The highest BCUT2D eigenvalue weighted by molar-refractivity contribution is 6.32. The molecule has 4 nitrogen and oxygen atoms in total. The molecule has 0 spiro atoms. The van der Waals surface area contributed by atoms with Crippen LogP contribution in [0, 0.1) is 5.92 Å². The Morgan fingerprint density at radius 2 is 2.00 bits per heavy atom. The van der Waals surface area contributed by atoms with Gasteiger partial charge in [0.15, 0.2) is 5.15 Å².